The molecule has 1 aliphatic rings. The summed E-state index contributed by atoms with van der Waals surface area (Å²) in [6.07, 6.45) is 3.28. The van der Waals surface area contributed by atoms with Crippen LogP contribution in [0.2, 0.25) is 0 Å². The predicted octanol–water partition coefficient (Wildman–Crippen LogP) is -1.12. The number of rotatable bonds is 4. The van der Waals surface area contributed by atoms with Crippen LogP contribution in [0, 0.1) is 0 Å². The second kappa shape index (κ2) is 5.34. The number of nitrogens with zero attached hydrogens (tertiary/aromatic N) is 2. The lowest BCUT2D eigenvalue weighted by Gasteiger charge is -2.16. The first-order valence-corrected chi connectivity index (χ1v) is 5.25. The van der Waals surface area contributed by atoms with Crippen molar-refractivity contribution in [3.63, 3.8) is 0 Å². The number of amides is 3. The van der Waals surface area contributed by atoms with E-state index in [1.807, 2.05) is 0 Å². The van der Waals surface area contributed by atoms with Gasteiger partial charge in [-0.25, -0.2) is 0 Å². The van der Waals surface area contributed by atoms with Crippen molar-refractivity contribution in [2.75, 3.05) is 0 Å². The molecule has 94 valence electrons. The molecule has 0 radical (unpaired) electrons. The van der Waals surface area contributed by atoms with E-state index in [4.69, 9.17) is 0 Å². The molecule has 0 spiro atoms. The third kappa shape index (κ3) is 2.67. The minimum atomic E-state index is -0.435. The predicted molar refractivity (Wildman–Crippen MR) is 59.1 cm³/mol. The number of hydrazine groups is 3. The van der Waals surface area contributed by atoms with E-state index in [0.29, 0.717) is 5.56 Å². The maximum atomic E-state index is 11.5. The van der Waals surface area contributed by atoms with Crippen LogP contribution in [0.4, 0.5) is 0 Å². The van der Waals surface area contributed by atoms with Crippen molar-refractivity contribution in [1.82, 2.24) is 26.5 Å². The van der Waals surface area contributed by atoms with Gasteiger partial charge in [-0.1, -0.05) is 0 Å². The van der Waals surface area contributed by atoms with E-state index >= 15 is 0 Å². The largest absolute Gasteiger partial charge is 0.273 e. The fourth-order valence-electron chi connectivity index (χ4n) is 1.41. The molecule has 0 aromatic carbocycles. The molecule has 1 fully saturated rings. The van der Waals surface area contributed by atoms with Crippen LogP contribution in [0.5, 0.6) is 0 Å². The Kier molecular flexibility index (Phi) is 3.60. The summed E-state index contributed by atoms with van der Waals surface area (Å²) in [6, 6.07) is 3.20. The molecule has 0 unspecified atom stereocenters. The SMILES string of the molecule is O=C(NNNN1C(=O)CCC1=O)c1cccnc1. The van der Waals surface area contributed by atoms with Crippen molar-refractivity contribution in [2.45, 2.75) is 12.8 Å². The Labute approximate surface area is 102 Å². The van der Waals surface area contributed by atoms with E-state index in [-0.39, 0.29) is 24.7 Å². The van der Waals surface area contributed by atoms with Gasteiger partial charge in [0.2, 0.25) is 11.8 Å². The summed E-state index contributed by atoms with van der Waals surface area (Å²) in [5.74, 6) is -1.12. The molecule has 3 amide bonds. The van der Waals surface area contributed by atoms with Crippen LogP contribution in [0.15, 0.2) is 24.5 Å². The van der Waals surface area contributed by atoms with E-state index in [9.17, 15) is 14.4 Å². The van der Waals surface area contributed by atoms with E-state index in [0.717, 1.165) is 5.01 Å². The first kappa shape index (κ1) is 12.1. The lowest BCUT2D eigenvalue weighted by molar-refractivity contribution is -0.143. The first-order valence-electron chi connectivity index (χ1n) is 5.25. The molecular formula is C10H11N5O3. The molecule has 1 aromatic rings. The molecule has 1 saturated heterocycles. The van der Waals surface area contributed by atoms with Gasteiger partial charge in [0, 0.05) is 25.2 Å². The molecule has 18 heavy (non-hydrogen) atoms. The van der Waals surface area contributed by atoms with Crippen molar-refractivity contribution >= 4 is 17.7 Å². The number of hydrogen-bond acceptors (Lipinski definition) is 6. The van der Waals surface area contributed by atoms with Crippen LogP contribution >= 0.6 is 0 Å². The smallest absolute Gasteiger partial charge is 0.268 e. The molecule has 0 atom stereocenters. The highest BCUT2D eigenvalue weighted by Crippen LogP contribution is 2.07. The minimum Gasteiger partial charge on any atom is -0.273 e. The summed E-state index contributed by atoms with van der Waals surface area (Å²) in [7, 11) is 0. The molecule has 2 heterocycles. The van der Waals surface area contributed by atoms with E-state index < -0.39 is 5.91 Å². The zero-order valence-corrected chi connectivity index (χ0v) is 9.34. The first-order chi connectivity index (χ1) is 8.68. The average Bonchev–Trinajstić information content (AvgIpc) is 2.71. The van der Waals surface area contributed by atoms with E-state index in [1.54, 1.807) is 18.3 Å². The zero-order valence-electron chi connectivity index (χ0n) is 9.34. The molecule has 8 heteroatoms. The van der Waals surface area contributed by atoms with Gasteiger partial charge in [-0.15, -0.1) is 5.53 Å². The summed E-state index contributed by atoms with van der Waals surface area (Å²) >= 11 is 0. The highest BCUT2D eigenvalue weighted by Gasteiger charge is 2.28. The molecular weight excluding hydrogens is 238 g/mol. The monoisotopic (exact) mass is 249 g/mol. The summed E-state index contributed by atoms with van der Waals surface area (Å²) in [6.45, 7) is 0. The highest BCUT2D eigenvalue weighted by atomic mass is 16.2. The maximum absolute atomic E-state index is 11.5. The lowest BCUT2D eigenvalue weighted by Crippen LogP contribution is -2.56. The van der Waals surface area contributed by atoms with Gasteiger partial charge in [-0.05, 0) is 12.1 Å². The maximum Gasteiger partial charge on any atom is 0.268 e. The van der Waals surface area contributed by atoms with Gasteiger partial charge >= 0.3 is 0 Å². The Balaban J connectivity index is 1.81. The third-order valence-corrected chi connectivity index (χ3v) is 2.32. The topological polar surface area (TPSA) is 103 Å². The molecule has 0 aliphatic carbocycles. The molecule has 3 N–H and O–H groups in total. The van der Waals surface area contributed by atoms with Gasteiger partial charge < -0.3 is 0 Å². The van der Waals surface area contributed by atoms with Gasteiger partial charge in [-0.3, -0.25) is 24.8 Å². The number of aromatic nitrogens is 1. The van der Waals surface area contributed by atoms with Gasteiger partial charge in [0.1, 0.15) is 0 Å². The summed E-state index contributed by atoms with van der Waals surface area (Å²) in [5, 5.41) is 0.823. The second-order valence-electron chi connectivity index (χ2n) is 3.56. The van der Waals surface area contributed by atoms with Gasteiger partial charge in [0.25, 0.3) is 5.91 Å². The van der Waals surface area contributed by atoms with Crippen LogP contribution in [0.25, 0.3) is 0 Å². The van der Waals surface area contributed by atoms with E-state index in [1.165, 1.54) is 6.20 Å². The van der Waals surface area contributed by atoms with Crippen molar-refractivity contribution in [3.8, 4) is 0 Å². The number of pyridine rings is 1. The van der Waals surface area contributed by atoms with Crippen molar-refractivity contribution in [2.24, 2.45) is 0 Å². The molecule has 0 saturated carbocycles. The summed E-state index contributed by atoms with van der Waals surface area (Å²) < 4.78 is 0. The summed E-state index contributed by atoms with van der Waals surface area (Å²) in [4.78, 5) is 37.7. The van der Waals surface area contributed by atoms with Crippen LogP contribution < -0.4 is 16.5 Å². The summed E-state index contributed by atoms with van der Waals surface area (Å²) in [5.41, 5.74) is 7.24. The van der Waals surface area contributed by atoms with Gasteiger partial charge in [0.05, 0.1) is 5.56 Å². The fourth-order valence-corrected chi connectivity index (χ4v) is 1.41. The van der Waals surface area contributed by atoms with Crippen LogP contribution in [0.3, 0.4) is 0 Å². The Hall–Kier alpha value is -2.32. The quantitative estimate of drug-likeness (QED) is 0.461. The Bertz CT molecular complexity index is 460. The lowest BCUT2D eigenvalue weighted by atomic mass is 10.3. The molecule has 2 rings (SSSR count). The zero-order chi connectivity index (χ0) is 13.0. The normalized spacial score (nSPS) is 15.0. The van der Waals surface area contributed by atoms with Crippen LogP contribution in [-0.2, 0) is 9.59 Å². The molecule has 1 aromatic heterocycles. The van der Waals surface area contributed by atoms with Crippen molar-refractivity contribution in [1.29, 1.82) is 0 Å². The van der Waals surface area contributed by atoms with Gasteiger partial charge in [-0.2, -0.15) is 10.5 Å². The average molecular weight is 249 g/mol. The molecule has 8 nitrogen and oxygen atoms in total. The van der Waals surface area contributed by atoms with Gasteiger partial charge in [0.15, 0.2) is 0 Å². The highest BCUT2D eigenvalue weighted by molar-refractivity contribution is 6.01. The van der Waals surface area contributed by atoms with E-state index in [2.05, 4.69) is 21.5 Å². The van der Waals surface area contributed by atoms with Crippen molar-refractivity contribution in [3.05, 3.63) is 30.1 Å². The molecule has 1 aliphatic heterocycles. The number of imide groups is 1. The second-order valence-corrected chi connectivity index (χ2v) is 3.56. The van der Waals surface area contributed by atoms with Crippen molar-refractivity contribution < 1.29 is 14.4 Å². The Morgan fingerprint density at radius 3 is 2.61 bits per heavy atom. The fraction of sp³-hybridized carbons (Fsp3) is 0.200. The number of nitrogens with one attached hydrogen (secondary N) is 3. The van der Waals surface area contributed by atoms with Crippen LogP contribution in [0.1, 0.15) is 23.2 Å². The Morgan fingerprint density at radius 2 is 2.00 bits per heavy atom. The minimum absolute atomic E-state index is 0.171. The molecule has 0 bridgehead atoms. The number of carbonyl (C=O) groups is 3. The standard InChI is InChI=1S/C10H11N5O3/c16-8-3-4-9(17)15(8)14-13-12-10(18)7-2-1-5-11-6-7/h1-2,5-6,13-14H,3-4H2,(H,12,18). The Morgan fingerprint density at radius 1 is 1.28 bits per heavy atom. The van der Waals surface area contributed by atoms with Crippen LogP contribution in [-0.4, -0.2) is 27.7 Å². The number of hydrogen-bond donors (Lipinski definition) is 3. The third-order valence-electron chi connectivity index (χ3n) is 2.32. The number of carbonyl (C=O) groups excluding carboxylic acids is 3.